The van der Waals surface area contributed by atoms with Crippen LogP contribution in [-0.4, -0.2) is 43.9 Å². The number of benzene rings is 3. The molecule has 4 N–H and O–H groups in total. The second-order valence-electron chi connectivity index (χ2n) is 9.12. The maximum absolute atomic E-state index is 13.5. The van der Waals surface area contributed by atoms with E-state index in [0.717, 1.165) is 36.3 Å². The fourth-order valence-corrected chi connectivity index (χ4v) is 3.90. The molecule has 0 unspecified atom stereocenters. The van der Waals surface area contributed by atoms with Crippen molar-refractivity contribution in [1.29, 1.82) is 0 Å². The highest BCUT2D eigenvalue weighted by Gasteiger charge is 2.24. The van der Waals surface area contributed by atoms with Gasteiger partial charge in [0.05, 0.1) is 25.0 Å². The monoisotopic (exact) mass is 568 g/mol. The molecular formula is C30H37ClN4O5. The van der Waals surface area contributed by atoms with Crippen LogP contribution in [-0.2, 0) is 4.79 Å². The van der Waals surface area contributed by atoms with Gasteiger partial charge in [-0.2, -0.15) is 5.10 Å². The second-order valence-corrected chi connectivity index (χ2v) is 9.12. The standard InChI is InChI=1S/C30H36N4O5.ClH/c1-22(2)34(24-9-5-3-6-10-24)30(36)27-16-15-26(19-28(27)39-21-29(31)35)38-18-8-4-7-17-37-25-13-11-23(12-14-25)20-33-32;/h3,5-6,9-16,19-20,22H,4,7-8,17-18,21,32H2,1-2H3,(H2,31,35);1H. The van der Waals surface area contributed by atoms with Gasteiger partial charge in [-0.05, 0) is 87.2 Å². The van der Waals surface area contributed by atoms with Crippen LogP contribution in [0.1, 0.15) is 49.0 Å². The Bertz CT molecular complexity index is 1240. The summed E-state index contributed by atoms with van der Waals surface area (Å²) in [5, 5.41) is 3.50. The SMILES string of the molecule is CC(C)N(C(=O)c1ccc(OCCCCCOc2ccc(C=NN)cc2)cc1OCC(N)=O)c1ccccc1.Cl. The van der Waals surface area contributed by atoms with Gasteiger partial charge in [0.1, 0.15) is 17.2 Å². The number of halogens is 1. The van der Waals surface area contributed by atoms with Gasteiger partial charge in [0.2, 0.25) is 0 Å². The van der Waals surface area contributed by atoms with Gasteiger partial charge in [-0.25, -0.2) is 0 Å². The lowest BCUT2D eigenvalue weighted by Crippen LogP contribution is -2.37. The summed E-state index contributed by atoms with van der Waals surface area (Å²) in [6, 6.07) is 21.9. The molecule has 0 atom stereocenters. The molecule has 2 amide bonds. The second kappa shape index (κ2) is 16.7. The molecule has 0 heterocycles. The molecule has 3 rings (SSSR count). The third-order valence-electron chi connectivity index (χ3n) is 5.75. The summed E-state index contributed by atoms with van der Waals surface area (Å²) in [4.78, 5) is 26.6. The van der Waals surface area contributed by atoms with Gasteiger partial charge in [0.25, 0.3) is 11.8 Å². The molecule has 0 saturated carbocycles. The normalized spacial score (nSPS) is 10.7. The molecule has 214 valence electrons. The number of anilines is 1. The predicted molar refractivity (Wildman–Crippen MR) is 160 cm³/mol. The van der Waals surface area contributed by atoms with E-state index in [-0.39, 0.29) is 36.7 Å². The summed E-state index contributed by atoms with van der Waals surface area (Å²) < 4.78 is 17.3. The molecular weight excluding hydrogens is 532 g/mol. The Kier molecular flexibility index (Phi) is 13.3. The van der Waals surface area contributed by atoms with Crippen molar-refractivity contribution in [2.24, 2.45) is 16.7 Å². The van der Waals surface area contributed by atoms with E-state index >= 15 is 0 Å². The maximum atomic E-state index is 13.5. The van der Waals surface area contributed by atoms with E-state index < -0.39 is 5.91 Å². The van der Waals surface area contributed by atoms with E-state index in [9.17, 15) is 9.59 Å². The van der Waals surface area contributed by atoms with Crippen LogP contribution in [0.2, 0.25) is 0 Å². The number of primary amides is 1. The van der Waals surface area contributed by atoms with Crippen molar-refractivity contribution in [3.05, 3.63) is 83.9 Å². The van der Waals surface area contributed by atoms with Crippen molar-refractivity contribution in [2.75, 3.05) is 24.7 Å². The summed E-state index contributed by atoms with van der Waals surface area (Å²) in [5.74, 6) is 5.85. The summed E-state index contributed by atoms with van der Waals surface area (Å²) in [7, 11) is 0. The first-order valence-electron chi connectivity index (χ1n) is 12.9. The molecule has 0 aliphatic carbocycles. The van der Waals surface area contributed by atoms with Crippen LogP contribution in [0.15, 0.2) is 77.9 Å². The molecule has 10 heteroatoms. The number of unbranched alkanes of at least 4 members (excludes halogenated alkanes) is 2. The Morgan fingerprint density at radius 1 is 0.875 bits per heavy atom. The molecule has 0 aromatic heterocycles. The highest BCUT2D eigenvalue weighted by molar-refractivity contribution is 6.08. The number of rotatable bonds is 15. The first-order valence-corrected chi connectivity index (χ1v) is 12.9. The Hall–Kier alpha value is -4.24. The summed E-state index contributed by atoms with van der Waals surface area (Å²) >= 11 is 0. The van der Waals surface area contributed by atoms with E-state index in [1.165, 1.54) is 0 Å². The first-order chi connectivity index (χ1) is 18.9. The predicted octanol–water partition coefficient (Wildman–Crippen LogP) is 4.95. The third kappa shape index (κ3) is 9.81. The molecule has 9 nitrogen and oxygen atoms in total. The minimum atomic E-state index is -0.633. The van der Waals surface area contributed by atoms with Crippen LogP contribution < -0.4 is 30.7 Å². The number of hydrogen-bond acceptors (Lipinski definition) is 7. The maximum Gasteiger partial charge on any atom is 0.262 e. The number of hydrogen-bond donors (Lipinski definition) is 2. The van der Waals surface area contributed by atoms with E-state index in [4.69, 9.17) is 25.8 Å². The first kappa shape index (κ1) is 32.0. The molecule has 0 fully saturated rings. The van der Waals surface area contributed by atoms with Gasteiger partial charge < -0.3 is 30.7 Å². The molecule has 0 radical (unpaired) electrons. The van der Waals surface area contributed by atoms with Crippen molar-refractivity contribution >= 4 is 36.1 Å². The topological polar surface area (TPSA) is 129 Å². The van der Waals surface area contributed by atoms with Gasteiger partial charge in [0.15, 0.2) is 6.61 Å². The Morgan fingerprint density at radius 2 is 1.50 bits per heavy atom. The van der Waals surface area contributed by atoms with Crippen LogP contribution in [0.25, 0.3) is 0 Å². The molecule has 0 saturated heterocycles. The van der Waals surface area contributed by atoms with Crippen molar-refractivity contribution < 1.29 is 23.8 Å². The highest BCUT2D eigenvalue weighted by atomic mass is 35.5. The van der Waals surface area contributed by atoms with Crippen molar-refractivity contribution in [3.63, 3.8) is 0 Å². The number of amides is 2. The van der Waals surface area contributed by atoms with Gasteiger partial charge in [0, 0.05) is 17.8 Å². The van der Waals surface area contributed by atoms with E-state index in [1.54, 1.807) is 29.3 Å². The Balaban J connectivity index is 0.00000560. The van der Waals surface area contributed by atoms with Crippen molar-refractivity contribution in [1.82, 2.24) is 0 Å². The van der Waals surface area contributed by atoms with E-state index in [0.29, 0.717) is 24.5 Å². The fraction of sp³-hybridized carbons (Fsp3) is 0.300. The number of carbonyl (C=O) groups excluding carboxylic acids is 2. The van der Waals surface area contributed by atoms with Gasteiger partial charge >= 0.3 is 0 Å². The van der Waals surface area contributed by atoms with Crippen molar-refractivity contribution in [3.8, 4) is 17.2 Å². The van der Waals surface area contributed by atoms with Crippen LogP contribution in [0.4, 0.5) is 5.69 Å². The number of ether oxygens (including phenoxy) is 3. The largest absolute Gasteiger partial charge is 0.494 e. The highest BCUT2D eigenvalue weighted by Crippen LogP contribution is 2.29. The number of hydrazone groups is 1. The number of nitrogens with zero attached hydrogens (tertiary/aromatic N) is 2. The van der Waals surface area contributed by atoms with Crippen LogP contribution >= 0.6 is 12.4 Å². The average molecular weight is 569 g/mol. The molecule has 3 aromatic rings. The Labute approximate surface area is 241 Å². The van der Waals surface area contributed by atoms with Crippen LogP contribution in [0.5, 0.6) is 17.2 Å². The van der Waals surface area contributed by atoms with Crippen LogP contribution in [0.3, 0.4) is 0 Å². The number of carbonyl (C=O) groups is 2. The summed E-state index contributed by atoms with van der Waals surface area (Å²) in [6.07, 6.45) is 4.19. The van der Waals surface area contributed by atoms with Gasteiger partial charge in [-0.3, -0.25) is 9.59 Å². The number of para-hydroxylation sites is 1. The quantitative estimate of drug-likeness (QED) is 0.115. The molecule has 0 aliphatic heterocycles. The van der Waals surface area contributed by atoms with E-state index in [1.807, 2.05) is 68.4 Å². The van der Waals surface area contributed by atoms with Gasteiger partial charge in [-0.1, -0.05) is 18.2 Å². The molecule has 0 bridgehead atoms. The minimum Gasteiger partial charge on any atom is -0.494 e. The summed E-state index contributed by atoms with van der Waals surface area (Å²) in [5.41, 5.74) is 7.29. The lowest BCUT2D eigenvalue weighted by molar-refractivity contribution is -0.119. The fourth-order valence-electron chi connectivity index (χ4n) is 3.90. The van der Waals surface area contributed by atoms with Crippen molar-refractivity contribution in [2.45, 2.75) is 39.2 Å². The zero-order valence-corrected chi connectivity index (χ0v) is 23.6. The van der Waals surface area contributed by atoms with Crippen LogP contribution in [0, 0.1) is 0 Å². The Morgan fingerprint density at radius 3 is 2.10 bits per heavy atom. The molecule has 0 spiro atoms. The molecule has 0 aliphatic rings. The minimum absolute atomic E-state index is 0. The smallest absolute Gasteiger partial charge is 0.262 e. The zero-order chi connectivity index (χ0) is 28.0. The zero-order valence-electron chi connectivity index (χ0n) is 22.8. The third-order valence-corrected chi connectivity index (χ3v) is 5.75. The number of nitrogens with two attached hydrogens (primary N) is 2. The van der Waals surface area contributed by atoms with E-state index in [2.05, 4.69) is 5.10 Å². The summed E-state index contributed by atoms with van der Waals surface area (Å²) in [6.45, 7) is 4.61. The lowest BCUT2D eigenvalue weighted by Gasteiger charge is -2.27. The van der Waals surface area contributed by atoms with Gasteiger partial charge in [-0.15, -0.1) is 12.4 Å². The lowest BCUT2D eigenvalue weighted by atomic mass is 10.1. The average Bonchev–Trinajstić information content (AvgIpc) is 2.93. The molecule has 3 aromatic carbocycles. The molecule has 40 heavy (non-hydrogen) atoms.